The molecule has 2 rings (SSSR count). The van der Waals surface area contributed by atoms with E-state index in [2.05, 4.69) is 16.9 Å². The van der Waals surface area contributed by atoms with Gasteiger partial charge < -0.3 is 14.4 Å². The molecule has 1 atom stereocenters. The molecule has 0 saturated carbocycles. The monoisotopic (exact) mass is 222 g/mol. The van der Waals surface area contributed by atoms with Crippen molar-refractivity contribution in [3.05, 3.63) is 18.5 Å². The highest BCUT2D eigenvalue weighted by atomic mass is 16.5. The van der Waals surface area contributed by atoms with Gasteiger partial charge in [0.15, 0.2) is 0 Å². The number of methoxy groups -OCH3 is 1. The highest BCUT2D eigenvalue weighted by molar-refractivity contribution is 5.28. The molecule has 0 bridgehead atoms. The average Bonchev–Trinajstić information content (AvgIpc) is 2.72. The summed E-state index contributed by atoms with van der Waals surface area (Å²) < 4.78 is 10.8. The fraction of sp³-hybridized carbons (Fsp3) is 0.583. The highest BCUT2D eigenvalue weighted by Crippen LogP contribution is 2.19. The largest absolute Gasteiger partial charge is 0.495 e. The van der Waals surface area contributed by atoms with Crippen LogP contribution in [-0.4, -0.2) is 43.2 Å². The van der Waals surface area contributed by atoms with Gasteiger partial charge in [0, 0.05) is 12.1 Å². The number of likely N-dealkylation sites (N-methyl/N-ethyl adjacent to an activating group) is 1. The molecule has 0 amide bonds. The van der Waals surface area contributed by atoms with E-state index in [0.717, 1.165) is 18.1 Å². The number of likely N-dealkylation sites (tertiary alicyclic amines) is 1. The summed E-state index contributed by atoms with van der Waals surface area (Å²) in [6.45, 7) is 1.90. The van der Waals surface area contributed by atoms with Gasteiger partial charge in [0.25, 0.3) is 0 Å². The molecule has 1 fully saturated rings. The van der Waals surface area contributed by atoms with Crippen LogP contribution in [0.4, 0.5) is 0 Å². The minimum absolute atomic E-state index is 0.534. The molecule has 1 saturated heterocycles. The van der Waals surface area contributed by atoms with Crippen LogP contribution < -0.4 is 9.47 Å². The van der Waals surface area contributed by atoms with E-state index in [0.29, 0.717) is 6.04 Å². The van der Waals surface area contributed by atoms with Crippen molar-refractivity contribution in [2.75, 3.05) is 27.3 Å². The molecule has 1 aromatic heterocycles. The fourth-order valence-corrected chi connectivity index (χ4v) is 1.97. The Morgan fingerprint density at radius 1 is 1.44 bits per heavy atom. The van der Waals surface area contributed by atoms with Crippen LogP contribution >= 0.6 is 0 Å². The van der Waals surface area contributed by atoms with E-state index in [4.69, 9.17) is 9.47 Å². The van der Waals surface area contributed by atoms with Gasteiger partial charge in [0.2, 0.25) is 0 Å². The predicted molar refractivity (Wildman–Crippen MR) is 61.9 cm³/mol. The number of aromatic nitrogens is 1. The fourth-order valence-electron chi connectivity index (χ4n) is 1.97. The van der Waals surface area contributed by atoms with Crippen LogP contribution in [0, 0.1) is 0 Å². The van der Waals surface area contributed by atoms with Crippen LogP contribution in [0.3, 0.4) is 0 Å². The van der Waals surface area contributed by atoms with Gasteiger partial charge in [-0.1, -0.05) is 0 Å². The normalized spacial score (nSPS) is 21.0. The molecule has 0 aromatic carbocycles. The number of rotatable bonds is 4. The van der Waals surface area contributed by atoms with Crippen molar-refractivity contribution in [3.63, 3.8) is 0 Å². The lowest BCUT2D eigenvalue weighted by Crippen LogP contribution is -2.30. The number of ether oxygens (including phenoxy) is 2. The summed E-state index contributed by atoms with van der Waals surface area (Å²) in [7, 11) is 3.77. The topological polar surface area (TPSA) is 34.6 Å². The van der Waals surface area contributed by atoms with Gasteiger partial charge in [0.1, 0.15) is 18.1 Å². The Balaban J connectivity index is 1.88. The lowest BCUT2D eigenvalue weighted by atomic mass is 10.2. The van der Waals surface area contributed by atoms with E-state index >= 15 is 0 Å². The number of hydrogen-bond donors (Lipinski definition) is 0. The molecule has 1 aliphatic heterocycles. The number of pyridine rings is 1. The summed E-state index contributed by atoms with van der Waals surface area (Å²) >= 11 is 0. The van der Waals surface area contributed by atoms with Crippen molar-refractivity contribution in [2.24, 2.45) is 0 Å². The summed E-state index contributed by atoms with van der Waals surface area (Å²) in [4.78, 5) is 6.40. The van der Waals surface area contributed by atoms with Crippen LogP contribution in [0.5, 0.6) is 11.5 Å². The maximum Gasteiger partial charge on any atom is 0.141 e. The Labute approximate surface area is 96.2 Å². The van der Waals surface area contributed by atoms with Crippen LogP contribution in [0.1, 0.15) is 12.8 Å². The second kappa shape index (κ2) is 5.16. The molecule has 4 heteroatoms. The molecule has 16 heavy (non-hydrogen) atoms. The summed E-state index contributed by atoms with van der Waals surface area (Å²) in [6.07, 6.45) is 5.88. The van der Waals surface area contributed by atoms with Gasteiger partial charge >= 0.3 is 0 Å². The lowest BCUT2D eigenvalue weighted by Gasteiger charge is -2.19. The first kappa shape index (κ1) is 11.2. The van der Waals surface area contributed by atoms with Gasteiger partial charge in [0.05, 0.1) is 19.5 Å². The summed E-state index contributed by atoms with van der Waals surface area (Å²) in [6, 6.07) is 2.40. The minimum Gasteiger partial charge on any atom is -0.495 e. The van der Waals surface area contributed by atoms with E-state index in [9.17, 15) is 0 Å². The highest BCUT2D eigenvalue weighted by Gasteiger charge is 2.21. The standard InChI is InChI=1S/C12H18N2O2/c1-14-5-3-4-10(14)9-16-12-6-11(15-2)7-13-8-12/h6-8,10H,3-5,9H2,1-2H3/t10-/m0/s1. The SMILES string of the molecule is COc1cncc(OC[C@@H]2CCCN2C)c1. The predicted octanol–water partition coefficient (Wildman–Crippen LogP) is 1.56. The maximum absolute atomic E-state index is 5.72. The smallest absolute Gasteiger partial charge is 0.141 e. The molecule has 0 aliphatic carbocycles. The van der Waals surface area contributed by atoms with Crippen molar-refractivity contribution < 1.29 is 9.47 Å². The lowest BCUT2D eigenvalue weighted by molar-refractivity contribution is 0.197. The first-order valence-electron chi connectivity index (χ1n) is 5.61. The molecular weight excluding hydrogens is 204 g/mol. The Hall–Kier alpha value is -1.29. The molecular formula is C12H18N2O2. The van der Waals surface area contributed by atoms with Crippen molar-refractivity contribution in [3.8, 4) is 11.5 Å². The van der Waals surface area contributed by atoms with Crippen LogP contribution in [0.25, 0.3) is 0 Å². The summed E-state index contributed by atoms with van der Waals surface area (Å²) in [5.74, 6) is 1.51. The minimum atomic E-state index is 0.534. The van der Waals surface area contributed by atoms with Crippen LogP contribution in [0.15, 0.2) is 18.5 Å². The average molecular weight is 222 g/mol. The molecule has 4 nitrogen and oxygen atoms in total. The first-order valence-corrected chi connectivity index (χ1v) is 5.61. The van der Waals surface area contributed by atoms with Gasteiger partial charge in [-0.3, -0.25) is 4.98 Å². The summed E-state index contributed by atoms with van der Waals surface area (Å²) in [5.41, 5.74) is 0. The van der Waals surface area contributed by atoms with Crippen LogP contribution in [0.2, 0.25) is 0 Å². The zero-order chi connectivity index (χ0) is 11.4. The van der Waals surface area contributed by atoms with Crippen molar-refractivity contribution in [2.45, 2.75) is 18.9 Å². The Bertz CT molecular complexity index is 344. The van der Waals surface area contributed by atoms with E-state index in [1.165, 1.54) is 19.4 Å². The molecule has 2 heterocycles. The number of hydrogen-bond acceptors (Lipinski definition) is 4. The second-order valence-corrected chi connectivity index (χ2v) is 4.15. The van der Waals surface area contributed by atoms with Crippen molar-refractivity contribution in [1.29, 1.82) is 0 Å². The number of nitrogens with zero attached hydrogens (tertiary/aromatic N) is 2. The Morgan fingerprint density at radius 3 is 2.94 bits per heavy atom. The van der Waals surface area contributed by atoms with Gasteiger partial charge in [-0.15, -0.1) is 0 Å². The molecule has 0 radical (unpaired) electrons. The van der Waals surface area contributed by atoms with E-state index in [1.54, 1.807) is 19.5 Å². The quantitative estimate of drug-likeness (QED) is 0.774. The zero-order valence-electron chi connectivity index (χ0n) is 9.85. The third-order valence-electron chi connectivity index (χ3n) is 3.04. The third-order valence-corrected chi connectivity index (χ3v) is 3.04. The van der Waals surface area contributed by atoms with E-state index in [-0.39, 0.29) is 0 Å². The Kier molecular flexibility index (Phi) is 3.62. The summed E-state index contributed by atoms with van der Waals surface area (Å²) in [5, 5.41) is 0. The van der Waals surface area contributed by atoms with Gasteiger partial charge in [-0.25, -0.2) is 0 Å². The van der Waals surface area contributed by atoms with E-state index in [1.807, 2.05) is 6.07 Å². The van der Waals surface area contributed by atoms with Gasteiger partial charge in [-0.2, -0.15) is 0 Å². The molecule has 0 spiro atoms. The Morgan fingerprint density at radius 2 is 2.25 bits per heavy atom. The van der Waals surface area contributed by atoms with Crippen molar-refractivity contribution >= 4 is 0 Å². The second-order valence-electron chi connectivity index (χ2n) is 4.15. The van der Waals surface area contributed by atoms with E-state index < -0.39 is 0 Å². The molecule has 0 N–H and O–H groups in total. The van der Waals surface area contributed by atoms with Crippen molar-refractivity contribution in [1.82, 2.24) is 9.88 Å². The third kappa shape index (κ3) is 2.64. The van der Waals surface area contributed by atoms with Crippen LogP contribution in [-0.2, 0) is 0 Å². The molecule has 88 valence electrons. The molecule has 0 unspecified atom stereocenters. The molecule has 1 aliphatic rings. The molecule has 1 aromatic rings. The van der Waals surface area contributed by atoms with Gasteiger partial charge in [-0.05, 0) is 26.4 Å². The maximum atomic E-state index is 5.72. The zero-order valence-corrected chi connectivity index (χ0v) is 9.85. The first-order chi connectivity index (χ1) is 7.79.